The molecule has 2 aromatic carbocycles. The number of aliphatic imine (C=N–C) groups is 1. The largest absolute Gasteiger partial charge is 0.359 e. The molecule has 5 rings (SSSR count). The minimum absolute atomic E-state index is 0.0121. The van der Waals surface area contributed by atoms with Crippen LogP contribution in [0, 0.1) is 17.6 Å². The van der Waals surface area contributed by atoms with Crippen LogP contribution in [-0.4, -0.2) is 60.4 Å². The Morgan fingerprint density at radius 1 is 0.972 bits per heavy atom. The lowest BCUT2D eigenvalue weighted by molar-refractivity contribution is 0.146. The van der Waals surface area contributed by atoms with Gasteiger partial charge >= 0.3 is 6.03 Å². The van der Waals surface area contributed by atoms with E-state index in [1.165, 1.54) is 37.5 Å². The van der Waals surface area contributed by atoms with E-state index in [1.54, 1.807) is 29.4 Å². The molecule has 5 nitrogen and oxygen atoms in total. The second kappa shape index (κ2) is 11.5. The minimum atomic E-state index is -0.366. The van der Waals surface area contributed by atoms with Crippen LogP contribution in [0.3, 0.4) is 0 Å². The van der Waals surface area contributed by atoms with Crippen LogP contribution in [0.4, 0.5) is 19.3 Å². The summed E-state index contributed by atoms with van der Waals surface area (Å²) in [5.41, 5.74) is 1.24. The number of urea groups is 1. The Labute approximate surface area is 212 Å². The first-order chi connectivity index (χ1) is 17.6. The third-order valence-electron chi connectivity index (χ3n) is 8.11. The lowest BCUT2D eigenvalue weighted by atomic mass is 9.84. The number of piperidine rings is 1. The molecule has 0 N–H and O–H groups in total. The molecule has 1 unspecified atom stereocenters. The predicted octanol–water partition coefficient (Wildman–Crippen LogP) is 5.89. The number of rotatable bonds is 7. The zero-order chi connectivity index (χ0) is 24.9. The monoisotopic (exact) mass is 494 g/mol. The fraction of sp³-hybridized carbons (Fsp3) is 0.517. The van der Waals surface area contributed by atoms with E-state index in [1.807, 2.05) is 12.1 Å². The number of carbonyl (C=O) groups is 1. The zero-order valence-corrected chi connectivity index (χ0v) is 20.9. The van der Waals surface area contributed by atoms with Crippen molar-refractivity contribution in [1.82, 2.24) is 9.80 Å². The number of likely N-dealkylation sites (tertiary alicyclic amines) is 2. The van der Waals surface area contributed by atoms with Crippen LogP contribution in [-0.2, 0) is 6.42 Å². The van der Waals surface area contributed by atoms with Crippen molar-refractivity contribution >= 4 is 18.1 Å². The van der Waals surface area contributed by atoms with Crippen molar-refractivity contribution in [2.75, 3.05) is 31.1 Å². The van der Waals surface area contributed by atoms with Gasteiger partial charge in [-0.3, -0.25) is 4.90 Å². The number of halogens is 2. The first-order valence-corrected chi connectivity index (χ1v) is 13.4. The Kier molecular flexibility index (Phi) is 7.95. The average molecular weight is 495 g/mol. The molecule has 2 amide bonds. The highest BCUT2D eigenvalue weighted by atomic mass is 19.1. The Bertz CT molecular complexity index is 1060. The summed E-state index contributed by atoms with van der Waals surface area (Å²) in [5.74, 6) is 0.268. The van der Waals surface area contributed by atoms with E-state index in [4.69, 9.17) is 0 Å². The van der Waals surface area contributed by atoms with Gasteiger partial charge in [-0.1, -0.05) is 30.7 Å². The van der Waals surface area contributed by atoms with Crippen molar-refractivity contribution < 1.29 is 13.6 Å². The van der Waals surface area contributed by atoms with Crippen molar-refractivity contribution in [2.45, 2.75) is 63.5 Å². The Morgan fingerprint density at radius 3 is 2.50 bits per heavy atom. The third kappa shape index (κ3) is 5.94. The summed E-state index contributed by atoms with van der Waals surface area (Å²) in [4.78, 5) is 24.0. The SMILES string of the molecule is O=C(/N=C/N1CCCC1Cc1ccccc1F)N(c1cccc(F)c1)C1CCN(CC2CCC2)CC1. The summed E-state index contributed by atoms with van der Waals surface area (Å²) >= 11 is 0. The molecular formula is C29H36F2N4O. The summed E-state index contributed by atoms with van der Waals surface area (Å²) in [6, 6.07) is 12.8. The molecular weight excluding hydrogens is 458 g/mol. The summed E-state index contributed by atoms with van der Waals surface area (Å²) in [6.45, 7) is 3.83. The van der Waals surface area contributed by atoms with Crippen molar-refractivity contribution in [1.29, 1.82) is 0 Å². The first-order valence-electron chi connectivity index (χ1n) is 13.4. The van der Waals surface area contributed by atoms with Crippen molar-refractivity contribution in [3.05, 3.63) is 65.7 Å². The van der Waals surface area contributed by atoms with Crippen molar-refractivity contribution in [2.24, 2.45) is 10.9 Å². The standard InChI is InChI=1S/C29H36F2N4O/c30-24-9-4-10-27(19-24)35(25-13-16-33(17-14-25)20-22-6-3-7-22)29(36)32-21-34-15-5-11-26(34)18-23-8-1-2-12-28(23)31/h1-2,4,8-10,12,19,21-22,25-26H,3,5-7,11,13-18,20H2/b32-21+. The van der Waals surface area contributed by atoms with E-state index >= 15 is 0 Å². The van der Waals surface area contributed by atoms with E-state index in [9.17, 15) is 13.6 Å². The fourth-order valence-electron chi connectivity index (χ4n) is 5.84. The molecule has 7 heteroatoms. The van der Waals surface area contributed by atoms with Crippen LogP contribution in [0.5, 0.6) is 0 Å². The molecule has 1 saturated carbocycles. The number of amides is 2. The van der Waals surface area contributed by atoms with Gasteiger partial charge in [0.25, 0.3) is 0 Å². The van der Waals surface area contributed by atoms with E-state index in [0.29, 0.717) is 17.7 Å². The van der Waals surface area contributed by atoms with Gasteiger partial charge in [0.2, 0.25) is 0 Å². The lowest BCUT2D eigenvalue weighted by Gasteiger charge is -2.40. The number of anilines is 1. The Morgan fingerprint density at radius 2 is 1.78 bits per heavy atom. The van der Waals surface area contributed by atoms with Crippen molar-refractivity contribution in [3.8, 4) is 0 Å². The molecule has 0 bridgehead atoms. The number of carbonyl (C=O) groups excluding carboxylic acids is 1. The molecule has 1 atom stereocenters. The van der Waals surface area contributed by atoms with Gasteiger partial charge in [-0.15, -0.1) is 0 Å². The highest BCUT2D eigenvalue weighted by molar-refractivity contribution is 5.97. The molecule has 2 aliphatic heterocycles. The average Bonchev–Trinajstić information content (AvgIpc) is 3.29. The maximum Gasteiger partial charge on any atom is 0.349 e. The predicted molar refractivity (Wildman–Crippen MR) is 139 cm³/mol. The second-order valence-corrected chi connectivity index (χ2v) is 10.5. The maximum atomic E-state index is 14.2. The van der Waals surface area contributed by atoms with E-state index in [0.717, 1.165) is 57.8 Å². The lowest BCUT2D eigenvalue weighted by Crippen LogP contribution is -2.48. The van der Waals surface area contributed by atoms with Crippen LogP contribution in [0.1, 0.15) is 50.5 Å². The summed E-state index contributed by atoms with van der Waals surface area (Å²) < 4.78 is 28.3. The molecule has 0 aromatic heterocycles. The zero-order valence-electron chi connectivity index (χ0n) is 20.9. The van der Waals surface area contributed by atoms with E-state index < -0.39 is 0 Å². The Hall–Kier alpha value is -2.80. The van der Waals surface area contributed by atoms with E-state index in [2.05, 4.69) is 14.8 Å². The summed E-state index contributed by atoms with van der Waals surface area (Å²) in [7, 11) is 0. The highest BCUT2D eigenvalue weighted by Crippen LogP contribution is 2.30. The molecule has 2 heterocycles. The topological polar surface area (TPSA) is 39.2 Å². The number of nitrogens with zero attached hydrogens (tertiary/aromatic N) is 4. The van der Waals surface area contributed by atoms with Gasteiger partial charge in [-0.25, -0.2) is 13.6 Å². The molecule has 192 valence electrons. The van der Waals surface area contributed by atoms with Gasteiger partial charge in [0.05, 0.1) is 6.34 Å². The van der Waals surface area contributed by atoms with Gasteiger partial charge in [0.15, 0.2) is 0 Å². The number of hydrogen-bond acceptors (Lipinski definition) is 2. The van der Waals surface area contributed by atoms with E-state index in [-0.39, 0.29) is 29.7 Å². The number of hydrogen-bond donors (Lipinski definition) is 0. The molecule has 1 aliphatic carbocycles. The second-order valence-electron chi connectivity index (χ2n) is 10.5. The van der Waals surface area contributed by atoms with Crippen LogP contribution in [0.25, 0.3) is 0 Å². The summed E-state index contributed by atoms with van der Waals surface area (Å²) in [5, 5.41) is 0. The molecule has 3 aliphatic rings. The van der Waals surface area contributed by atoms with Crippen LogP contribution in [0.15, 0.2) is 53.5 Å². The molecule has 36 heavy (non-hydrogen) atoms. The van der Waals surface area contributed by atoms with Gasteiger partial charge in [0, 0.05) is 44.0 Å². The smallest absolute Gasteiger partial charge is 0.349 e. The van der Waals surface area contributed by atoms with Gasteiger partial charge in [-0.2, -0.15) is 4.99 Å². The molecule has 2 saturated heterocycles. The van der Waals surface area contributed by atoms with Gasteiger partial charge in [-0.05, 0) is 80.7 Å². The summed E-state index contributed by atoms with van der Waals surface area (Å²) in [6.07, 6.45) is 9.83. The van der Waals surface area contributed by atoms with Gasteiger partial charge < -0.3 is 9.80 Å². The third-order valence-corrected chi connectivity index (χ3v) is 8.11. The first kappa shape index (κ1) is 24.9. The molecule has 2 aromatic rings. The quantitative estimate of drug-likeness (QED) is 0.356. The minimum Gasteiger partial charge on any atom is -0.359 e. The highest BCUT2D eigenvalue weighted by Gasteiger charge is 2.31. The van der Waals surface area contributed by atoms with Crippen LogP contribution >= 0.6 is 0 Å². The van der Waals surface area contributed by atoms with Crippen LogP contribution < -0.4 is 4.90 Å². The molecule has 0 spiro atoms. The normalized spacial score (nSPS) is 21.7. The van der Waals surface area contributed by atoms with Crippen LogP contribution in [0.2, 0.25) is 0 Å². The maximum absolute atomic E-state index is 14.2. The van der Waals surface area contributed by atoms with Gasteiger partial charge in [0.1, 0.15) is 11.6 Å². The molecule has 3 fully saturated rings. The fourth-order valence-corrected chi connectivity index (χ4v) is 5.84. The number of benzene rings is 2. The van der Waals surface area contributed by atoms with Crippen molar-refractivity contribution in [3.63, 3.8) is 0 Å². The Balaban J connectivity index is 1.27. The molecule has 0 radical (unpaired) electrons.